The van der Waals surface area contributed by atoms with Crippen molar-refractivity contribution >= 4 is 34.9 Å². The summed E-state index contributed by atoms with van der Waals surface area (Å²) in [6.07, 6.45) is 1.80. The Hall–Kier alpha value is -1.34. The van der Waals surface area contributed by atoms with Crippen LogP contribution in [0.15, 0.2) is 12.7 Å². The average Bonchev–Trinajstić information content (AvgIpc) is 2.27. The van der Waals surface area contributed by atoms with Crippen LogP contribution in [0.2, 0.25) is 5.28 Å². The van der Waals surface area contributed by atoms with Crippen molar-refractivity contribution < 1.29 is 4.92 Å². The van der Waals surface area contributed by atoms with E-state index in [9.17, 15) is 10.1 Å². The molecule has 1 aromatic rings. The lowest BCUT2D eigenvalue weighted by atomic mass is 10.3. The zero-order chi connectivity index (χ0) is 13.5. The Morgan fingerprint density at radius 3 is 2.94 bits per heavy atom. The lowest BCUT2D eigenvalue weighted by Gasteiger charge is -2.07. The molecular weight excluding hydrogens is 276 g/mol. The van der Waals surface area contributed by atoms with Gasteiger partial charge in [0.1, 0.15) is 5.69 Å². The number of thioether (sulfide) groups is 1. The first kappa shape index (κ1) is 14.7. The lowest BCUT2D eigenvalue weighted by molar-refractivity contribution is -0.385. The molecule has 1 heterocycles. The Labute approximate surface area is 114 Å². The lowest BCUT2D eigenvalue weighted by Crippen LogP contribution is -2.10. The minimum absolute atomic E-state index is 0.000607. The number of nitrogens with one attached hydrogen (secondary N) is 1. The average molecular weight is 289 g/mol. The number of aromatic nitrogens is 2. The van der Waals surface area contributed by atoms with Gasteiger partial charge < -0.3 is 5.32 Å². The third kappa shape index (κ3) is 4.15. The third-order valence-corrected chi connectivity index (χ3v) is 3.12. The van der Waals surface area contributed by atoms with Crippen molar-refractivity contribution in [2.75, 3.05) is 23.4 Å². The largest absolute Gasteiger partial charge is 0.363 e. The van der Waals surface area contributed by atoms with E-state index in [1.165, 1.54) is 6.92 Å². The number of halogens is 1. The topological polar surface area (TPSA) is 81.0 Å². The SMILES string of the molecule is C=CCSCCNc1nc(Cl)nc(C)c1[N+](=O)[O-]. The summed E-state index contributed by atoms with van der Waals surface area (Å²) >= 11 is 7.35. The molecule has 18 heavy (non-hydrogen) atoms. The summed E-state index contributed by atoms with van der Waals surface area (Å²) < 4.78 is 0. The first-order chi connectivity index (χ1) is 8.56. The van der Waals surface area contributed by atoms with Gasteiger partial charge in [0.25, 0.3) is 0 Å². The van der Waals surface area contributed by atoms with Crippen LogP contribution in [0.1, 0.15) is 5.69 Å². The molecule has 0 saturated carbocycles. The van der Waals surface area contributed by atoms with Crippen molar-refractivity contribution in [2.24, 2.45) is 0 Å². The predicted molar refractivity (Wildman–Crippen MR) is 74.4 cm³/mol. The molecule has 1 aromatic heterocycles. The summed E-state index contributed by atoms with van der Waals surface area (Å²) in [5.74, 6) is 1.80. The Morgan fingerprint density at radius 2 is 2.33 bits per heavy atom. The Morgan fingerprint density at radius 1 is 1.61 bits per heavy atom. The molecule has 0 aromatic carbocycles. The molecule has 0 radical (unpaired) electrons. The number of anilines is 1. The fraction of sp³-hybridized carbons (Fsp3) is 0.400. The third-order valence-electron chi connectivity index (χ3n) is 1.99. The van der Waals surface area contributed by atoms with Crippen molar-refractivity contribution in [3.63, 3.8) is 0 Å². The first-order valence-electron chi connectivity index (χ1n) is 5.17. The predicted octanol–water partition coefficient (Wildman–Crippen LogP) is 2.68. The highest BCUT2D eigenvalue weighted by Crippen LogP contribution is 2.26. The number of nitro groups is 1. The molecule has 98 valence electrons. The van der Waals surface area contributed by atoms with Gasteiger partial charge in [0.2, 0.25) is 11.1 Å². The minimum Gasteiger partial charge on any atom is -0.363 e. The fourth-order valence-corrected chi connectivity index (χ4v) is 2.07. The van der Waals surface area contributed by atoms with Gasteiger partial charge in [-0.05, 0) is 18.5 Å². The minimum atomic E-state index is -0.509. The number of aryl methyl sites for hydroxylation is 1. The molecule has 0 aliphatic rings. The van der Waals surface area contributed by atoms with Crippen LogP contribution in [0.25, 0.3) is 0 Å². The molecule has 6 nitrogen and oxygen atoms in total. The first-order valence-corrected chi connectivity index (χ1v) is 6.70. The van der Waals surface area contributed by atoms with Crippen LogP contribution < -0.4 is 5.32 Å². The van der Waals surface area contributed by atoms with Gasteiger partial charge in [-0.25, -0.2) is 4.98 Å². The quantitative estimate of drug-likeness (QED) is 0.273. The normalized spacial score (nSPS) is 10.1. The highest BCUT2D eigenvalue weighted by molar-refractivity contribution is 7.99. The molecule has 1 rings (SSSR count). The van der Waals surface area contributed by atoms with Crippen molar-refractivity contribution in [2.45, 2.75) is 6.92 Å². The van der Waals surface area contributed by atoms with E-state index >= 15 is 0 Å². The van der Waals surface area contributed by atoms with Gasteiger partial charge >= 0.3 is 5.69 Å². The Kier molecular flexibility index (Phi) is 5.87. The molecule has 0 aliphatic heterocycles. The maximum absolute atomic E-state index is 10.9. The molecule has 0 amide bonds. The van der Waals surface area contributed by atoms with Gasteiger partial charge in [0.15, 0.2) is 0 Å². The Bertz CT molecular complexity index is 456. The van der Waals surface area contributed by atoms with E-state index in [0.29, 0.717) is 6.54 Å². The summed E-state index contributed by atoms with van der Waals surface area (Å²) in [4.78, 5) is 18.0. The van der Waals surface area contributed by atoms with E-state index in [4.69, 9.17) is 11.6 Å². The van der Waals surface area contributed by atoms with Gasteiger partial charge in [0, 0.05) is 18.1 Å². The van der Waals surface area contributed by atoms with E-state index in [0.717, 1.165) is 11.5 Å². The van der Waals surface area contributed by atoms with Gasteiger partial charge in [-0.1, -0.05) is 6.08 Å². The standard InChI is InChI=1S/C10H13ClN4O2S/c1-3-5-18-6-4-12-9-8(15(16)17)7(2)13-10(11)14-9/h3H,1,4-6H2,2H3,(H,12,13,14). The van der Waals surface area contributed by atoms with Gasteiger partial charge in [-0.3, -0.25) is 10.1 Å². The van der Waals surface area contributed by atoms with Crippen LogP contribution in [0.5, 0.6) is 0 Å². The summed E-state index contributed by atoms with van der Waals surface area (Å²) in [7, 11) is 0. The molecule has 0 atom stereocenters. The summed E-state index contributed by atoms with van der Waals surface area (Å²) in [6.45, 7) is 5.70. The van der Waals surface area contributed by atoms with Gasteiger partial charge in [-0.15, -0.1) is 6.58 Å². The zero-order valence-electron chi connectivity index (χ0n) is 9.85. The van der Waals surface area contributed by atoms with Crippen LogP contribution in [-0.2, 0) is 0 Å². The van der Waals surface area contributed by atoms with Gasteiger partial charge in [-0.2, -0.15) is 16.7 Å². The molecule has 0 aliphatic carbocycles. The number of hydrogen-bond donors (Lipinski definition) is 1. The van der Waals surface area contributed by atoms with Crippen molar-refractivity contribution in [1.82, 2.24) is 9.97 Å². The van der Waals surface area contributed by atoms with E-state index < -0.39 is 4.92 Å². The molecule has 0 saturated heterocycles. The van der Waals surface area contributed by atoms with Crippen molar-refractivity contribution in [3.8, 4) is 0 Å². The molecule has 1 N–H and O–H groups in total. The van der Waals surface area contributed by atoms with E-state index in [1.807, 2.05) is 0 Å². The number of nitrogens with zero attached hydrogens (tertiary/aromatic N) is 3. The summed E-state index contributed by atoms with van der Waals surface area (Å²) in [5.41, 5.74) is 0.120. The van der Waals surface area contributed by atoms with Crippen LogP contribution in [0.4, 0.5) is 11.5 Å². The molecule has 8 heteroatoms. The Balaban J connectivity index is 2.74. The molecular formula is C10H13ClN4O2S. The maximum atomic E-state index is 10.9. The molecule has 0 spiro atoms. The van der Waals surface area contributed by atoms with Crippen molar-refractivity contribution in [3.05, 3.63) is 33.7 Å². The maximum Gasteiger partial charge on any atom is 0.332 e. The fourth-order valence-electron chi connectivity index (χ4n) is 1.28. The number of hydrogen-bond acceptors (Lipinski definition) is 6. The highest BCUT2D eigenvalue weighted by Gasteiger charge is 2.21. The highest BCUT2D eigenvalue weighted by atomic mass is 35.5. The van der Waals surface area contributed by atoms with Crippen molar-refractivity contribution in [1.29, 1.82) is 0 Å². The van der Waals surface area contributed by atoms with Crippen LogP contribution in [0, 0.1) is 17.0 Å². The smallest absolute Gasteiger partial charge is 0.332 e. The molecule has 0 unspecified atom stereocenters. The van der Waals surface area contributed by atoms with Gasteiger partial charge in [0.05, 0.1) is 4.92 Å². The number of rotatable bonds is 7. The van der Waals surface area contributed by atoms with Crippen LogP contribution in [0.3, 0.4) is 0 Å². The second-order valence-corrected chi connectivity index (χ2v) is 4.81. The van der Waals surface area contributed by atoms with E-state index in [2.05, 4.69) is 21.9 Å². The second kappa shape index (κ2) is 7.17. The van der Waals surface area contributed by atoms with Crippen LogP contribution in [-0.4, -0.2) is 32.9 Å². The van der Waals surface area contributed by atoms with E-state index in [1.54, 1.807) is 17.8 Å². The zero-order valence-corrected chi connectivity index (χ0v) is 11.4. The van der Waals surface area contributed by atoms with Crippen LogP contribution >= 0.6 is 23.4 Å². The molecule has 0 fully saturated rings. The van der Waals surface area contributed by atoms with E-state index in [-0.39, 0.29) is 22.5 Å². The summed E-state index contributed by atoms with van der Waals surface area (Å²) in [6, 6.07) is 0. The monoisotopic (exact) mass is 288 g/mol. The molecule has 0 bridgehead atoms. The second-order valence-electron chi connectivity index (χ2n) is 3.32. The summed E-state index contributed by atoms with van der Waals surface area (Å²) in [5, 5.41) is 13.8.